The highest BCUT2D eigenvalue weighted by Crippen LogP contribution is 2.26. The number of aryl methyl sites for hydroxylation is 1. The van der Waals surface area contributed by atoms with Crippen molar-refractivity contribution in [3.63, 3.8) is 0 Å². The molecule has 1 unspecified atom stereocenters. The Balaban J connectivity index is 0.00000300. The summed E-state index contributed by atoms with van der Waals surface area (Å²) in [5.41, 5.74) is 3.17. The number of carbonyl (C=O) groups excluding carboxylic acids is 1. The van der Waals surface area contributed by atoms with Crippen molar-refractivity contribution >= 4 is 35.8 Å². The molecule has 7 nitrogen and oxygen atoms in total. The van der Waals surface area contributed by atoms with E-state index in [0.29, 0.717) is 5.92 Å². The van der Waals surface area contributed by atoms with Crippen LogP contribution in [-0.2, 0) is 13.5 Å². The maximum absolute atomic E-state index is 12.1. The number of amides is 1. The largest absolute Gasteiger partial charge is 0.356 e. The Morgan fingerprint density at radius 1 is 1.38 bits per heavy atom. The Kier molecular flexibility index (Phi) is 8.48. The molecule has 8 heteroatoms. The van der Waals surface area contributed by atoms with Gasteiger partial charge in [-0.3, -0.25) is 14.5 Å². The molecule has 0 saturated carbocycles. The van der Waals surface area contributed by atoms with Gasteiger partial charge in [-0.05, 0) is 36.1 Å². The fraction of sp³-hybridized carbons (Fsp3) is 0.476. The number of likely N-dealkylation sites (tertiary alicyclic amines) is 1. The molecule has 0 bridgehead atoms. The van der Waals surface area contributed by atoms with E-state index in [0.717, 1.165) is 49.6 Å². The van der Waals surface area contributed by atoms with Crippen LogP contribution in [0.1, 0.15) is 33.8 Å². The highest BCUT2D eigenvalue weighted by Gasteiger charge is 2.26. The van der Waals surface area contributed by atoms with Crippen LogP contribution < -0.4 is 5.32 Å². The van der Waals surface area contributed by atoms with Gasteiger partial charge < -0.3 is 15.1 Å². The van der Waals surface area contributed by atoms with E-state index in [4.69, 9.17) is 0 Å². The molecule has 29 heavy (non-hydrogen) atoms. The number of nitrogens with zero attached hydrogens (tertiary/aromatic N) is 5. The Morgan fingerprint density at radius 2 is 2.17 bits per heavy atom. The number of rotatable bonds is 5. The molecular formula is C21H31IN6O. The lowest BCUT2D eigenvalue weighted by Crippen LogP contribution is -2.40. The molecule has 1 saturated heterocycles. The molecule has 1 aliphatic heterocycles. The maximum atomic E-state index is 12.1. The second kappa shape index (κ2) is 10.6. The van der Waals surface area contributed by atoms with Gasteiger partial charge in [0.05, 0.1) is 6.20 Å². The van der Waals surface area contributed by atoms with E-state index < -0.39 is 0 Å². The minimum Gasteiger partial charge on any atom is -0.356 e. The molecule has 1 N–H and O–H groups in total. The molecule has 0 aliphatic carbocycles. The van der Waals surface area contributed by atoms with Crippen LogP contribution in [-0.4, -0.2) is 72.2 Å². The van der Waals surface area contributed by atoms with Crippen molar-refractivity contribution in [2.24, 2.45) is 12.0 Å². The van der Waals surface area contributed by atoms with Gasteiger partial charge >= 0.3 is 0 Å². The van der Waals surface area contributed by atoms with E-state index in [2.05, 4.69) is 32.6 Å². The quantitative estimate of drug-likeness (QED) is 0.381. The predicted octanol–water partition coefficient (Wildman–Crippen LogP) is 2.35. The van der Waals surface area contributed by atoms with E-state index in [9.17, 15) is 4.79 Å². The molecule has 2 heterocycles. The zero-order chi connectivity index (χ0) is 20.1. The standard InChI is InChI=1S/C21H30N6O.HI/c1-22-21(27-11-9-18(15-27)19-13-24-26(4)14-19)23-10-8-16-6-5-7-17(12-16)20(28)25(2)3;/h5-7,12-14,18H,8-11,15H2,1-4H3,(H,22,23);1H. The summed E-state index contributed by atoms with van der Waals surface area (Å²) < 4.78 is 1.86. The summed E-state index contributed by atoms with van der Waals surface area (Å²) in [6.07, 6.45) is 6.02. The molecule has 158 valence electrons. The Hall–Kier alpha value is -2.10. The van der Waals surface area contributed by atoms with Crippen molar-refractivity contribution in [1.29, 1.82) is 0 Å². The predicted molar refractivity (Wildman–Crippen MR) is 127 cm³/mol. The first-order valence-electron chi connectivity index (χ1n) is 9.72. The van der Waals surface area contributed by atoms with Crippen molar-refractivity contribution < 1.29 is 4.79 Å². The average molecular weight is 510 g/mol. The van der Waals surface area contributed by atoms with Gasteiger partial charge in [0.15, 0.2) is 5.96 Å². The number of hydrogen-bond acceptors (Lipinski definition) is 3. The molecule has 2 aromatic rings. The number of halogens is 1. The first kappa shape index (κ1) is 23.2. The summed E-state index contributed by atoms with van der Waals surface area (Å²) in [7, 11) is 7.33. The van der Waals surface area contributed by atoms with E-state index >= 15 is 0 Å². The summed E-state index contributed by atoms with van der Waals surface area (Å²) in [6, 6.07) is 7.84. The van der Waals surface area contributed by atoms with E-state index in [1.165, 1.54) is 5.56 Å². The van der Waals surface area contributed by atoms with E-state index in [1.54, 1.807) is 19.0 Å². The lowest BCUT2D eigenvalue weighted by atomic mass is 10.0. The van der Waals surface area contributed by atoms with Crippen LogP contribution in [0, 0.1) is 0 Å². The number of aliphatic imine (C=N–C) groups is 1. The fourth-order valence-corrected chi connectivity index (χ4v) is 3.64. The zero-order valence-electron chi connectivity index (χ0n) is 17.6. The van der Waals surface area contributed by atoms with Crippen LogP contribution >= 0.6 is 24.0 Å². The summed E-state index contributed by atoms with van der Waals surface area (Å²) in [6.45, 7) is 2.73. The van der Waals surface area contributed by atoms with Crippen molar-refractivity contribution in [3.8, 4) is 0 Å². The Morgan fingerprint density at radius 3 is 2.83 bits per heavy atom. The second-order valence-electron chi connectivity index (χ2n) is 7.50. The van der Waals surface area contributed by atoms with Gasteiger partial charge in [0.1, 0.15) is 0 Å². The summed E-state index contributed by atoms with van der Waals surface area (Å²) in [5.74, 6) is 1.47. The second-order valence-corrected chi connectivity index (χ2v) is 7.50. The lowest BCUT2D eigenvalue weighted by Gasteiger charge is -2.21. The van der Waals surface area contributed by atoms with E-state index in [1.807, 2.05) is 43.2 Å². The zero-order valence-corrected chi connectivity index (χ0v) is 20.0. The smallest absolute Gasteiger partial charge is 0.253 e. The van der Waals surface area contributed by atoms with Gasteiger partial charge in [0.25, 0.3) is 5.91 Å². The first-order chi connectivity index (χ1) is 13.5. The van der Waals surface area contributed by atoms with Gasteiger partial charge in [-0.25, -0.2) is 0 Å². The maximum Gasteiger partial charge on any atom is 0.253 e. The third-order valence-electron chi connectivity index (χ3n) is 5.17. The molecule has 3 rings (SSSR count). The summed E-state index contributed by atoms with van der Waals surface area (Å²) >= 11 is 0. The van der Waals surface area contributed by atoms with E-state index in [-0.39, 0.29) is 29.9 Å². The molecule has 1 fully saturated rings. The number of benzene rings is 1. The van der Waals surface area contributed by atoms with Gasteiger partial charge in [-0.2, -0.15) is 5.10 Å². The minimum absolute atomic E-state index is 0. The van der Waals surface area contributed by atoms with Crippen LogP contribution in [0.4, 0.5) is 0 Å². The monoisotopic (exact) mass is 510 g/mol. The van der Waals surface area contributed by atoms with Gasteiger partial charge in [0, 0.05) is 65.5 Å². The molecule has 0 spiro atoms. The number of guanidine groups is 1. The molecule has 1 atom stereocenters. The third-order valence-corrected chi connectivity index (χ3v) is 5.17. The molecule has 1 aromatic carbocycles. The van der Waals surface area contributed by atoms with Crippen molar-refractivity contribution in [2.75, 3.05) is 40.8 Å². The molecule has 1 aromatic heterocycles. The molecule has 1 amide bonds. The average Bonchev–Trinajstić information content (AvgIpc) is 3.34. The third kappa shape index (κ3) is 5.94. The highest BCUT2D eigenvalue weighted by atomic mass is 127. The highest BCUT2D eigenvalue weighted by molar-refractivity contribution is 14.0. The topological polar surface area (TPSA) is 65.8 Å². The van der Waals surface area contributed by atoms with Crippen LogP contribution in [0.2, 0.25) is 0 Å². The number of carbonyl (C=O) groups is 1. The first-order valence-corrected chi connectivity index (χ1v) is 9.72. The Labute approximate surface area is 190 Å². The van der Waals surface area contributed by atoms with Gasteiger partial charge in [-0.1, -0.05) is 12.1 Å². The summed E-state index contributed by atoms with van der Waals surface area (Å²) in [5, 5.41) is 7.76. The lowest BCUT2D eigenvalue weighted by molar-refractivity contribution is 0.0827. The van der Waals surface area contributed by atoms with Crippen molar-refractivity contribution in [2.45, 2.75) is 18.8 Å². The van der Waals surface area contributed by atoms with Crippen LogP contribution in [0.25, 0.3) is 0 Å². The van der Waals surface area contributed by atoms with Crippen molar-refractivity contribution in [1.82, 2.24) is 24.9 Å². The van der Waals surface area contributed by atoms with Gasteiger partial charge in [0.2, 0.25) is 0 Å². The minimum atomic E-state index is 0. The number of hydrogen-bond donors (Lipinski definition) is 1. The fourth-order valence-electron chi connectivity index (χ4n) is 3.64. The van der Waals surface area contributed by atoms with Gasteiger partial charge in [-0.15, -0.1) is 24.0 Å². The molecule has 1 aliphatic rings. The Bertz CT molecular complexity index is 847. The number of nitrogens with one attached hydrogen (secondary N) is 1. The van der Waals surface area contributed by atoms with Crippen LogP contribution in [0.15, 0.2) is 41.7 Å². The number of aromatic nitrogens is 2. The summed E-state index contributed by atoms with van der Waals surface area (Å²) in [4.78, 5) is 20.5. The SMILES string of the molecule is CN=C(NCCc1cccc(C(=O)N(C)C)c1)N1CCC(c2cnn(C)c2)C1.I. The van der Waals surface area contributed by atoms with Crippen molar-refractivity contribution in [3.05, 3.63) is 53.3 Å². The molecular weight excluding hydrogens is 479 g/mol. The normalized spacial score (nSPS) is 16.5. The van der Waals surface area contributed by atoms with Crippen LogP contribution in [0.3, 0.4) is 0 Å². The molecule has 0 radical (unpaired) electrons. The van der Waals surface area contributed by atoms with Crippen LogP contribution in [0.5, 0.6) is 0 Å².